The Morgan fingerprint density at radius 3 is 2.63 bits per heavy atom. The summed E-state index contributed by atoms with van der Waals surface area (Å²) in [5.74, 6) is -1.39. The van der Waals surface area contributed by atoms with Gasteiger partial charge in [-0.1, -0.05) is 6.92 Å². The summed E-state index contributed by atoms with van der Waals surface area (Å²) < 4.78 is 5.09. The summed E-state index contributed by atoms with van der Waals surface area (Å²) in [4.78, 5) is 27.1. The van der Waals surface area contributed by atoms with E-state index >= 15 is 0 Å². The molecule has 19 heavy (non-hydrogen) atoms. The Balaban J connectivity index is 3.12. The van der Waals surface area contributed by atoms with Crippen LogP contribution in [0.3, 0.4) is 0 Å². The topological polar surface area (TPSA) is 103 Å². The fourth-order valence-corrected chi connectivity index (χ4v) is 2.60. The summed E-state index contributed by atoms with van der Waals surface area (Å²) in [6.45, 7) is 3.77. The van der Waals surface area contributed by atoms with Crippen molar-refractivity contribution in [2.75, 3.05) is 12.3 Å². The monoisotopic (exact) mass is 286 g/mol. The number of hydrogen-bond donors (Lipinski definition) is 2. The van der Waals surface area contributed by atoms with E-state index in [4.69, 9.17) is 15.6 Å². The van der Waals surface area contributed by atoms with Gasteiger partial charge in [0, 0.05) is 11.8 Å². The summed E-state index contributed by atoms with van der Waals surface area (Å²) >= 11 is 1.23. The molecule has 3 N–H and O–H groups in total. The fraction of sp³-hybridized carbons (Fsp3) is 0.583. The zero-order valence-electron chi connectivity index (χ0n) is 11.0. The quantitative estimate of drug-likeness (QED) is 0.741. The Morgan fingerprint density at radius 2 is 2.21 bits per heavy atom. The molecule has 1 atom stereocenters. The first kappa shape index (κ1) is 15.4. The molecule has 0 aliphatic heterocycles. The van der Waals surface area contributed by atoms with Gasteiger partial charge in [-0.05, 0) is 19.8 Å². The number of esters is 1. The number of nitrogens with zero attached hydrogens (tertiary/aromatic N) is 1. The maximum absolute atomic E-state index is 12.2. The van der Waals surface area contributed by atoms with Crippen LogP contribution in [-0.2, 0) is 19.7 Å². The highest BCUT2D eigenvalue weighted by Crippen LogP contribution is 2.35. The molecule has 1 heterocycles. The van der Waals surface area contributed by atoms with Crippen LogP contribution in [0.1, 0.15) is 38.8 Å². The Kier molecular flexibility index (Phi) is 5.29. The second-order valence-electron chi connectivity index (χ2n) is 4.12. The number of nitrogens with two attached hydrogens (primary N) is 1. The highest BCUT2D eigenvalue weighted by atomic mass is 32.1. The van der Waals surface area contributed by atoms with E-state index in [1.807, 2.05) is 6.92 Å². The molecular formula is C12H18N2O4S. The van der Waals surface area contributed by atoms with Gasteiger partial charge < -0.3 is 15.6 Å². The van der Waals surface area contributed by atoms with Crippen molar-refractivity contribution in [3.05, 3.63) is 11.1 Å². The maximum atomic E-state index is 12.2. The van der Waals surface area contributed by atoms with Crippen molar-refractivity contribution in [3.63, 3.8) is 0 Å². The van der Waals surface area contributed by atoms with Crippen molar-refractivity contribution in [1.82, 2.24) is 4.98 Å². The molecule has 0 amide bonds. The van der Waals surface area contributed by atoms with Gasteiger partial charge in [0.05, 0.1) is 12.3 Å². The van der Waals surface area contributed by atoms with E-state index in [-0.39, 0.29) is 19.4 Å². The van der Waals surface area contributed by atoms with Crippen LogP contribution in [0, 0.1) is 0 Å². The first-order chi connectivity index (χ1) is 8.96. The van der Waals surface area contributed by atoms with Gasteiger partial charge in [-0.2, -0.15) is 0 Å². The summed E-state index contributed by atoms with van der Waals surface area (Å²) in [6.07, 6.45) is 0.452. The molecule has 7 heteroatoms. The molecule has 6 nitrogen and oxygen atoms in total. The fourth-order valence-electron chi connectivity index (χ4n) is 1.93. The molecule has 0 aliphatic rings. The standard InChI is InChI=1S/C12H18N2O4S/c1-3-12(6-5-9(15)16,10(17)18-4-2)8-7-19-11(13)14-8/h7H,3-6H2,1-2H3,(H2,13,14)(H,15,16)/t12-/m0/s1. The number of nitrogen functional groups attached to an aromatic ring is 1. The van der Waals surface area contributed by atoms with E-state index in [2.05, 4.69) is 4.98 Å². The van der Waals surface area contributed by atoms with Gasteiger partial charge >= 0.3 is 11.9 Å². The normalized spacial score (nSPS) is 13.8. The predicted octanol–water partition coefficient (Wildman–Crippen LogP) is 1.80. The Hall–Kier alpha value is -1.63. The molecule has 0 bridgehead atoms. The lowest BCUT2D eigenvalue weighted by Crippen LogP contribution is -2.38. The van der Waals surface area contributed by atoms with E-state index < -0.39 is 17.4 Å². The molecule has 0 aliphatic carbocycles. The lowest BCUT2D eigenvalue weighted by molar-refractivity contribution is -0.151. The first-order valence-electron chi connectivity index (χ1n) is 6.06. The smallest absolute Gasteiger partial charge is 0.318 e. The predicted molar refractivity (Wildman–Crippen MR) is 72.0 cm³/mol. The average molecular weight is 286 g/mol. The molecule has 0 spiro atoms. The van der Waals surface area contributed by atoms with Crippen molar-refractivity contribution in [3.8, 4) is 0 Å². The summed E-state index contributed by atoms with van der Waals surface area (Å²) in [7, 11) is 0. The third-order valence-electron chi connectivity index (χ3n) is 3.05. The molecule has 106 valence electrons. The van der Waals surface area contributed by atoms with Crippen LogP contribution in [-0.4, -0.2) is 28.6 Å². The summed E-state index contributed by atoms with van der Waals surface area (Å²) in [5.41, 5.74) is 5.07. The minimum absolute atomic E-state index is 0.121. The van der Waals surface area contributed by atoms with E-state index in [9.17, 15) is 9.59 Å². The zero-order chi connectivity index (χ0) is 14.5. The molecule has 0 unspecified atom stereocenters. The Labute approximate surface area is 115 Å². The van der Waals surface area contributed by atoms with Gasteiger partial charge in [0.25, 0.3) is 0 Å². The van der Waals surface area contributed by atoms with Crippen LogP contribution in [0.15, 0.2) is 5.38 Å². The Bertz CT molecular complexity index is 460. The molecule has 0 saturated heterocycles. The largest absolute Gasteiger partial charge is 0.481 e. The summed E-state index contributed by atoms with van der Waals surface area (Å²) in [5, 5.41) is 10.9. The third kappa shape index (κ3) is 3.44. The van der Waals surface area contributed by atoms with E-state index in [0.29, 0.717) is 17.2 Å². The minimum Gasteiger partial charge on any atom is -0.481 e. The number of rotatable bonds is 7. The molecule has 1 aromatic rings. The van der Waals surface area contributed by atoms with Crippen LogP contribution in [0.2, 0.25) is 0 Å². The van der Waals surface area contributed by atoms with Crippen LogP contribution >= 0.6 is 11.3 Å². The molecule has 0 saturated carbocycles. The van der Waals surface area contributed by atoms with E-state index in [1.54, 1.807) is 12.3 Å². The van der Waals surface area contributed by atoms with Gasteiger partial charge in [-0.25, -0.2) is 4.98 Å². The van der Waals surface area contributed by atoms with Crippen LogP contribution < -0.4 is 5.73 Å². The highest BCUT2D eigenvalue weighted by molar-refractivity contribution is 7.13. The van der Waals surface area contributed by atoms with Gasteiger partial charge in [0.1, 0.15) is 5.41 Å². The number of thiazole rings is 1. The number of carboxylic acids is 1. The lowest BCUT2D eigenvalue weighted by Gasteiger charge is -2.28. The maximum Gasteiger partial charge on any atom is 0.318 e. The minimum atomic E-state index is -1.03. The number of carbonyl (C=O) groups is 2. The second kappa shape index (κ2) is 6.51. The molecule has 0 aromatic carbocycles. The number of carbonyl (C=O) groups excluding carboxylic acids is 1. The van der Waals surface area contributed by atoms with Crippen molar-refractivity contribution < 1.29 is 19.4 Å². The number of aliphatic carboxylic acids is 1. The van der Waals surface area contributed by atoms with Gasteiger partial charge in [-0.3, -0.25) is 9.59 Å². The van der Waals surface area contributed by atoms with Crippen molar-refractivity contribution in [2.24, 2.45) is 0 Å². The van der Waals surface area contributed by atoms with Crippen molar-refractivity contribution in [2.45, 2.75) is 38.5 Å². The number of aromatic nitrogens is 1. The van der Waals surface area contributed by atoms with Crippen LogP contribution in [0.5, 0.6) is 0 Å². The van der Waals surface area contributed by atoms with E-state index in [1.165, 1.54) is 11.3 Å². The number of carboxylic acid groups (broad SMARTS) is 1. The summed E-state index contributed by atoms with van der Waals surface area (Å²) in [6, 6.07) is 0. The zero-order valence-corrected chi connectivity index (χ0v) is 11.8. The SMILES string of the molecule is CCOC(=O)[C@@](CC)(CCC(=O)O)c1csc(N)n1. The van der Waals surface area contributed by atoms with Crippen LogP contribution in [0.4, 0.5) is 5.13 Å². The van der Waals surface area contributed by atoms with Gasteiger partial charge in [0.2, 0.25) is 0 Å². The Morgan fingerprint density at radius 1 is 1.53 bits per heavy atom. The molecule has 0 fully saturated rings. The number of anilines is 1. The van der Waals surface area contributed by atoms with Gasteiger partial charge in [-0.15, -0.1) is 11.3 Å². The second-order valence-corrected chi connectivity index (χ2v) is 5.01. The first-order valence-corrected chi connectivity index (χ1v) is 6.94. The van der Waals surface area contributed by atoms with Crippen LogP contribution in [0.25, 0.3) is 0 Å². The van der Waals surface area contributed by atoms with E-state index in [0.717, 1.165) is 0 Å². The molecule has 1 aromatic heterocycles. The molecule has 0 radical (unpaired) electrons. The van der Waals surface area contributed by atoms with Gasteiger partial charge in [0.15, 0.2) is 5.13 Å². The highest BCUT2D eigenvalue weighted by Gasteiger charge is 2.42. The average Bonchev–Trinajstić information content (AvgIpc) is 2.78. The number of ether oxygens (including phenoxy) is 1. The number of hydrogen-bond acceptors (Lipinski definition) is 6. The third-order valence-corrected chi connectivity index (χ3v) is 3.72. The lowest BCUT2D eigenvalue weighted by atomic mass is 9.78. The van der Waals surface area contributed by atoms with Crippen molar-refractivity contribution >= 4 is 28.4 Å². The molecule has 1 rings (SSSR count). The molecular weight excluding hydrogens is 268 g/mol. The van der Waals surface area contributed by atoms with Crippen molar-refractivity contribution in [1.29, 1.82) is 0 Å².